The Morgan fingerprint density at radius 1 is 0.309 bits per heavy atom. The predicted molar refractivity (Wildman–Crippen MR) is 289 cm³/mol. The number of allylic oxidation sites excluding steroid dienone is 4. The van der Waals surface area contributed by atoms with Gasteiger partial charge in [-0.25, -0.2) is 0 Å². The van der Waals surface area contributed by atoms with Crippen LogP contribution in [0.4, 0.5) is 17.1 Å². The second-order valence-corrected chi connectivity index (χ2v) is 17.6. The zero-order valence-corrected chi connectivity index (χ0v) is 37.7. The molecule has 0 amide bonds. The smallest absolute Gasteiger partial charge is 0.0547 e. The molecule has 0 saturated carbocycles. The maximum absolute atomic E-state index is 2.48. The Hall–Kier alpha value is -8.72. The lowest BCUT2D eigenvalue weighted by atomic mass is 9.97. The van der Waals surface area contributed by atoms with Gasteiger partial charge in [-0.05, 0) is 135 Å². The summed E-state index contributed by atoms with van der Waals surface area (Å²) in [5, 5.41) is 2.50. The van der Waals surface area contributed by atoms with E-state index in [1.54, 1.807) is 0 Å². The SMILES string of the molecule is C1=CC(c2ccc3c4cc(-c5ccccc5)ccc4n(-c4ccccc4-c4ccc(-c5ccc(N(c6ccc(-c7ccccc7)cc6)c6ccc(-c7ccccc7)cc6)cc5)cc4)c3c2)=CCC1. The van der Waals surface area contributed by atoms with Gasteiger partial charge in [-0.2, -0.15) is 0 Å². The molecule has 12 rings (SSSR count). The van der Waals surface area contributed by atoms with Crippen molar-refractivity contribution < 1.29 is 0 Å². The molecule has 1 heterocycles. The number of aromatic nitrogens is 1. The maximum Gasteiger partial charge on any atom is 0.0547 e. The topological polar surface area (TPSA) is 8.17 Å². The summed E-state index contributed by atoms with van der Waals surface area (Å²) in [6.07, 6.45) is 9.11. The van der Waals surface area contributed by atoms with Crippen LogP contribution in [0.2, 0.25) is 0 Å². The third-order valence-electron chi connectivity index (χ3n) is 13.5. The van der Waals surface area contributed by atoms with E-state index >= 15 is 0 Å². The Bertz CT molecular complexity index is 3520. The van der Waals surface area contributed by atoms with E-state index in [1.807, 2.05) is 0 Å². The van der Waals surface area contributed by atoms with Crippen molar-refractivity contribution in [3.05, 3.63) is 273 Å². The Morgan fingerprint density at radius 2 is 0.750 bits per heavy atom. The van der Waals surface area contributed by atoms with Crippen molar-refractivity contribution in [2.24, 2.45) is 0 Å². The van der Waals surface area contributed by atoms with Crippen LogP contribution in [0.25, 0.3) is 88.7 Å². The third-order valence-corrected chi connectivity index (χ3v) is 13.5. The number of fused-ring (bicyclic) bond motifs is 3. The van der Waals surface area contributed by atoms with E-state index in [1.165, 1.54) is 88.6 Å². The van der Waals surface area contributed by atoms with Crippen LogP contribution >= 0.6 is 0 Å². The molecule has 11 aromatic rings. The molecule has 1 aromatic heterocycles. The molecule has 0 fully saturated rings. The maximum atomic E-state index is 2.48. The van der Waals surface area contributed by atoms with Gasteiger partial charge in [0, 0.05) is 33.4 Å². The van der Waals surface area contributed by atoms with Gasteiger partial charge in [0.15, 0.2) is 0 Å². The molecule has 322 valence electrons. The molecule has 0 aliphatic heterocycles. The minimum absolute atomic E-state index is 1.07. The van der Waals surface area contributed by atoms with Crippen LogP contribution < -0.4 is 4.90 Å². The van der Waals surface area contributed by atoms with Gasteiger partial charge in [0.2, 0.25) is 0 Å². The molecule has 68 heavy (non-hydrogen) atoms. The highest BCUT2D eigenvalue weighted by Crippen LogP contribution is 2.41. The molecule has 0 bridgehead atoms. The fourth-order valence-electron chi connectivity index (χ4n) is 9.97. The van der Waals surface area contributed by atoms with Crippen molar-refractivity contribution in [1.29, 1.82) is 0 Å². The first-order chi connectivity index (χ1) is 33.7. The van der Waals surface area contributed by atoms with Crippen molar-refractivity contribution in [2.75, 3.05) is 4.90 Å². The normalized spacial score (nSPS) is 12.3. The van der Waals surface area contributed by atoms with Gasteiger partial charge < -0.3 is 9.47 Å². The van der Waals surface area contributed by atoms with Crippen LogP contribution in [-0.4, -0.2) is 4.57 Å². The van der Waals surface area contributed by atoms with Crippen molar-refractivity contribution in [1.82, 2.24) is 4.57 Å². The van der Waals surface area contributed by atoms with Gasteiger partial charge in [-0.3, -0.25) is 0 Å². The minimum atomic E-state index is 1.07. The van der Waals surface area contributed by atoms with E-state index in [0.717, 1.165) is 35.6 Å². The van der Waals surface area contributed by atoms with Crippen LogP contribution in [0.3, 0.4) is 0 Å². The average Bonchev–Trinajstić information content (AvgIpc) is 3.75. The Labute approximate surface area is 398 Å². The minimum Gasteiger partial charge on any atom is -0.311 e. The lowest BCUT2D eigenvalue weighted by Crippen LogP contribution is -2.09. The largest absolute Gasteiger partial charge is 0.311 e. The highest BCUT2D eigenvalue weighted by atomic mass is 15.1. The molecule has 0 unspecified atom stereocenters. The van der Waals surface area contributed by atoms with Crippen molar-refractivity contribution in [3.8, 4) is 61.3 Å². The van der Waals surface area contributed by atoms with E-state index in [-0.39, 0.29) is 0 Å². The number of rotatable bonds is 10. The number of para-hydroxylation sites is 1. The van der Waals surface area contributed by atoms with Crippen molar-refractivity contribution >= 4 is 44.4 Å². The summed E-state index contributed by atoms with van der Waals surface area (Å²) >= 11 is 0. The molecular weight excluding hydrogens is 821 g/mol. The second-order valence-electron chi connectivity index (χ2n) is 17.6. The summed E-state index contributed by atoms with van der Waals surface area (Å²) in [7, 11) is 0. The first-order valence-corrected chi connectivity index (χ1v) is 23.6. The molecular formula is C66H48N2. The van der Waals surface area contributed by atoms with E-state index < -0.39 is 0 Å². The van der Waals surface area contributed by atoms with Gasteiger partial charge in [-0.1, -0.05) is 206 Å². The number of anilines is 3. The van der Waals surface area contributed by atoms with E-state index in [4.69, 9.17) is 0 Å². The molecule has 1 aliphatic carbocycles. The predicted octanol–water partition coefficient (Wildman–Crippen LogP) is 18.3. The molecule has 0 N–H and O–H groups in total. The highest BCUT2D eigenvalue weighted by molar-refractivity contribution is 6.11. The molecule has 0 atom stereocenters. The first kappa shape index (κ1) is 40.8. The fourth-order valence-corrected chi connectivity index (χ4v) is 9.97. The Morgan fingerprint density at radius 3 is 1.28 bits per heavy atom. The van der Waals surface area contributed by atoms with Crippen LogP contribution in [0, 0.1) is 0 Å². The monoisotopic (exact) mass is 868 g/mol. The number of benzene rings is 10. The fraction of sp³-hybridized carbons (Fsp3) is 0.0303. The molecule has 2 heteroatoms. The van der Waals surface area contributed by atoms with Crippen molar-refractivity contribution in [3.63, 3.8) is 0 Å². The lowest BCUT2D eigenvalue weighted by molar-refractivity contribution is 1.04. The number of hydrogen-bond acceptors (Lipinski definition) is 1. The average molecular weight is 869 g/mol. The molecule has 0 spiro atoms. The van der Waals surface area contributed by atoms with Gasteiger partial charge in [0.05, 0.1) is 16.7 Å². The standard InChI is InChI=1S/C66H48N2/c1-5-15-47(16-6-1)52-29-37-58(38-30-52)67(59-39-31-53(32-40-59)48-17-7-2-8-18-48)60-41-33-54(34-42-60)51-25-27-55(28-26-51)61-23-13-14-24-64(61)68-65-44-36-56(49-19-9-3-10-20-49)45-63(65)62-43-35-57(46-66(62)68)50-21-11-4-12-22-50/h1-3,5-11,13-46H,4,12H2. The summed E-state index contributed by atoms with van der Waals surface area (Å²) in [6, 6.07) is 90.5. The summed E-state index contributed by atoms with van der Waals surface area (Å²) in [5.74, 6) is 0. The molecule has 1 aliphatic rings. The second kappa shape index (κ2) is 17.9. The molecule has 0 radical (unpaired) electrons. The summed E-state index contributed by atoms with van der Waals surface area (Å²) < 4.78 is 2.48. The first-order valence-electron chi connectivity index (χ1n) is 23.6. The van der Waals surface area contributed by atoms with Crippen LogP contribution in [-0.2, 0) is 0 Å². The third kappa shape index (κ3) is 7.82. The highest BCUT2D eigenvalue weighted by Gasteiger charge is 2.19. The van der Waals surface area contributed by atoms with Crippen molar-refractivity contribution in [2.45, 2.75) is 12.8 Å². The van der Waals surface area contributed by atoms with E-state index in [9.17, 15) is 0 Å². The van der Waals surface area contributed by atoms with Crippen LogP contribution in [0.15, 0.2) is 267 Å². The summed E-state index contributed by atoms with van der Waals surface area (Å²) in [4.78, 5) is 2.34. The zero-order valence-electron chi connectivity index (χ0n) is 37.7. The van der Waals surface area contributed by atoms with Crippen LogP contribution in [0.5, 0.6) is 0 Å². The van der Waals surface area contributed by atoms with E-state index in [0.29, 0.717) is 0 Å². The van der Waals surface area contributed by atoms with Gasteiger partial charge >= 0.3 is 0 Å². The zero-order chi connectivity index (χ0) is 45.2. The molecule has 10 aromatic carbocycles. The number of nitrogens with zero attached hydrogens (tertiary/aromatic N) is 2. The molecule has 2 nitrogen and oxygen atoms in total. The molecule has 0 saturated heterocycles. The lowest BCUT2D eigenvalue weighted by Gasteiger charge is -2.26. The van der Waals surface area contributed by atoms with Gasteiger partial charge in [0.1, 0.15) is 0 Å². The quantitative estimate of drug-likeness (QED) is 0.133. The Kier molecular flexibility index (Phi) is 10.7. The van der Waals surface area contributed by atoms with E-state index in [2.05, 4.69) is 276 Å². The van der Waals surface area contributed by atoms with Gasteiger partial charge in [-0.15, -0.1) is 0 Å². The van der Waals surface area contributed by atoms with Crippen LogP contribution in [0.1, 0.15) is 18.4 Å². The summed E-state index contributed by atoms with van der Waals surface area (Å²) in [6.45, 7) is 0. The summed E-state index contributed by atoms with van der Waals surface area (Å²) in [5.41, 5.74) is 21.4. The Balaban J connectivity index is 0.892. The van der Waals surface area contributed by atoms with Gasteiger partial charge in [0.25, 0.3) is 0 Å². The number of hydrogen-bond donors (Lipinski definition) is 0.